The average Bonchev–Trinajstić information content (AvgIpc) is 3.27. The van der Waals surface area contributed by atoms with E-state index in [1.54, 1.807) is 32.3 Å². The number of pyridine rings is 1. The molecule has 1 unspecified atom stereocenters. The summed E-state index contributed by atoms with van der Waals surface area (Å²) in [6, 6.07) is 7.93. The minimum absolute atomic E-state index is 0.0293. The van der Waals surface area contributed by atoms with Crippen LogP contribution in [-0.2, 0) is 15.1 Å². The SMILES string of the molecule is CN(C)C(=O)C(c1cccc(Nc2sc(-c3c(F)cc(C(C)(C)O)cc3F)cc2C(N)=O)n1)N1CCOCC1. The lowest BCUT2D eigenvalue weighted by molar-refractivity contribution is -0.136. The number of nitrogens with one attached hydrogen (secondary N) is 1. The number of primary amides is 1. The van der Waals surface area contributed by atoms with E-state index in [0.717, 1.165) is 23.5 Å². The smallest absolute Gasteiger partial charge is 0.251 e. The fourth-order valence-corrected chi connectivity index (χ4v) is 5.41. The Bertz CT molecular complexity index is 1360. The van der Waals surface area contributed by atoms with Gasteiger partial charge in [0.1, 0.15) is 28.5 Å². The molecular weight excluding hydrogens is 528 g/mol. The molecule has 3 aromatic rings. The number of rotatable bonds is 8. The van der Waals surface area contributed by atoms with E-state index in [1.807, 2.05) is 4.90 Å². The van der Waals surface area contributed by atoms with Crippen LogP contribution in [0, 0.1) is 11.6 Å². The fraction of sp³-hybridized carbons (Fsp3) is 0.370. The number of aromatic nitrogens is 1. The number of carbonyl (C=O) groups is 2. The van der Waals surface area contributed by atoms with Crippen molar-refractivity contribution in [3.8, 4) is 10.4 Å². The van der Waals surface area contributed by atoms with Gasteiger partial charge < -0.3 is 25.8 Å². The Hall–Kier alpha value is -3.45. The Morgan fingerprint density at radius 1 is 1.18 bits per heavy atom. The van der Waals surface area contributed by atoms with E-state index >= 15 is 8.78 Å². The molecule has 0 radical (unpaired) electrons. The third-order valence-electron chi connectivity index (χ3n) is 6.37. The minimum Gasteiger partial charge on any atom is -0.386 e. The van der Waals surface area contributed by atoms with E-state index in [1.165, 1.54) is 24.8 Å². The van der Waals surface area contributed by atoms with E-state index in [9.17, 15) is 14.7 Å². The number of nitrogens with zero attached hydrogens (tertiary/aromatic N) is 3. The summed E-state index contributed by atoms with van der Waals surface area (Å²) < 4.78 is 35.5. The van der Waals surface area contributed by atoms with Gasteiger partial charge in [0.15, 0.2) is 0 Å². The first kappa shape index (κ1) is 28.6. The number of benzene rings is 1. The van der Waals surface area contributed by atoms with Crippen molar-refractivity contribution in [3.05, 3.63) is 64.9 Å². The standard InChI is InChI=1S/C27H31F2N5O4S/c1-27(2,37)15-12-17(28)22(18(29)13-15)20-14-16(24(30)35)25(39-20)32-21-7-5-6-19(31-21)23(26(36)33(3)4)34-8-10-38-11-9-34/h5-7,12-14,23,37H,8-11H2,1-4H3,(H2,30,35)(H,31,32). The molecule has 1 aromatic carbocycles. The average molecular weight is 560 g/mol. The van der Waals surface area contributed by atoms with Crippen LogP contribution in [0.25, 0.3) is 10.4 Å². The zero-order valence-corrected chi connectivity index (χ0v) is 22.9. The predicted molar refractivity (Wildman–Crippen MR) is 145 cm³/mol. The Balaban J connectivity index is 1.70. The molecule has 1 atom stereocenters. The van der Waals surface area contributed by atoms with Crippen LogP contribution in [0.5, 0.6) is 0 Å². The first-order valence-electron chi connectivity index (χ1n) is 12.3. The summed E-state index contributed by atoms with van der Waals surface area (Å²) in [4.78, 5) is 33.6. The van der Waals surface area contributed by atoms with Crippen LogP contribution < -0.4 is 11.1 Å². The van der Waals surface area contributed by atoms with Gasteiger partial charge in [0, 0.05) is 32.1 Å². The summed E-state index contributed by atoms with van der Waals surface area (Å²) in [6.07, 6.45) is 0. The van der Waals surface area contributed by atoms with Crippen LogP contribution in [0.15, 0.2) is 36.4 Å². The third kappa shape index (κ3) is 6.25. The van der Waals surface area contributed by atoms with Gasteiger partial charge in [-0.1, -0.05) is 6.07 Å². The van der Waals surface area contributed by atoms with Gasteiger partial charge in [-0.15, -0.1) is 11.3 Å². The molecular formula is C27H31F2N5O4S. The Kier molecular flexibility index (Phi) is 8.31. The normalized spacial score (nSPS) is 15.2. The number of aliphatic hydroxyl groups is 1. The van der Waals surface area contributed by atoms with Crippen LogP contribution >= 0.6 is 11.3 Å². The van der Waals surface area contributed by atoms with Gasteiger partial charge in [-0.05, 0) is 49.7 Å². The maximum Gasteiger partial charge on any atom is 0.251 e. The number of amides is 2. The number of halogens is 2. The highest BCUT2D eigenvalue weighted by molar-refractivity contribution is 7.20. The Morgan fingerprint density at radius 2 is 1.82 bits per heavy atom. The molecule has 3 heterocycles. The zero-order valence-electron chi connectivity index (χ0n) is 22.1. The number of hydrogen-bond donors (Lipinski definition) is 3. The summed E-state index contributed by atoms with van der Waals surface area (Å²) in [5.74, 6) is -2.37. The van der Waals surface area contributed by atoms with Crippen LogP contribution in [0.3, 0.4) is 0 Å². The van der Waals surface area contributed by atoms with E-state index in [2.05, 4.69) is 10.3 Å². The second-order valence-corrected chi connectivity index (χ2v) is 11.0. The zero-order chi connectivity index (χ0) is 28.5. The van der Waals surface area contributed by atoms with Crippen molar-refractivity contribution in [2.24, 2.45) is 5.73 Å². The van der Waals surface area contributed by atoms with Crippen molar-refractivity contribution >= 4 is 34.0 Å². The van der Waals surface area contributed by atoms with Gasteiger partial charge in [-0.3, -0.25) is 14.5 Å². The monoisotopic (exact) mass is 559 g/mol. The molecule has 39 heavy (non-hydrogen) atoms. The summed E-state index contributed by atoms with van der Waals surface area (Å²) in [6.45, 7) is 4.98. The van der Waals surface area contributed by atoms with Crippen molar-refractivity contribution in [1.29, 1.82) is 0 Å². The van der Waals surface area contributed by atoms with E-state index in [-0.39, 0.29) is 32.5 Å². The largest absolute Gasteiger partial charge is 0.386 e. The maximum atomic E-state index is 15.0. The number of likely N-dealkylation sites (N-methyl/N-ethyl adjacent to an activating group) is 1. The van der Waals surface area contributed by atoms with Crippen LogP contribution in [0.2, 0.25) is 0 Å². The summed E-state index contributed by atoms with van der Waals surface area (Å²) in [5.41, 5.74) is 4.41. The van der Waals surface area contributed by atoms with Gasteiger partial charge in [-0.2, -0.15) is 0 Å². The van der Waals surface area contributed by atoms with Crippen molar-refractivity contribution < 1.29 is 28.2 Å². The van der Waals surface area contributed by atoms with Gasteiger partial charge >= 0.3 is 0 Å². The first-order valence-corrected chi connectivity index (χ1v) is 13.1. The number of hydrogen-bond acceptors (Lipinski definition) is 8. The minimum atomic E-state index is -1.44. The van der Waals surface area contributed by atoms with Crippen LogP contribution in [0.1, 0.15) is 41.5 Å². The molecule has 2 amide bonds. The van der Waals surface area contributed by atoms with Gasteiger partial charge in [0.05, 0.1) is 35.6 Å². The molecule has 4 rings (SSSR count). The molecule has 0 aliphatic carbocycles. The molecule has 9 nitrogen and oxygen atoms in total. The maximum absolute atomic E-state index is 15.0. The quantitative estimate of drug-likeness (QED) is 0.386. The molecule has 1 fully saturated rings. The van der Waals surface area contributed by atoms with E-state index in [4.69, 9.17) is 10.5 Å². The van der Waals surface area contributed by atoms with E-state index in [0.29, 0.717) is 37.8 Å². The van der Waals surface area contributed by atoms with Crippen LogP contribution in [0.4, 0.5) is 19.6 Å². The molecule has 0 spiro atoms. The highest BCUT2D eigenvalue weighted by Crippen LogP contribution is 2.40. The van der Waals surface area contributed by atoms with Crippen molar-refractivity contribution in [1.82, 2.24) is 14.8 Å². The Morgan fingerprint density at radius 3 is 2.38 bits per heavy atom. The van der Waals surface area contributed by atoms with Crippen molar-refractivity contribution in [2.75, 3.05) is 45.7 Å². The van der Waals surface area contributed by atoms with Crippen molar-refractivity contribution in [2.45, 2.75) is 25.5 Å². The molecule has 1 saturated heterocycles. The summed E-state index contributed by atoms with van der Waals surface area (Å²) in [5, 5.41) is 13.4. The lowest BCUT2D eigenvalue weighted by Gasteiger charge is -2.34. The molecule has 1 aliphatic heterocycles. The lowest BCUT2D eigenvalue weighted by atomic mass is 9.96. The fourth-order valence-electron chi connectivity index (χ4n) is 4.29. The van der Waals surface area contributed by atoms with Gasteiger partial charge in [0.2, 0.25) is 5.91 Å². The number of carbonyl (C=O) groups excluding carboxylic acids is 2. The van der Waals surface area contributed by atoms with Gasteiger partial charge in [0.25, 0.3) is 5.91 Å². The Labute approximate surface area is 229 Å². The number of thiophene rings is 1. The molecule has 0 saturated carbocycles. The van der Waals surface area contributed by atoms with Crippen LogP contribution in [-0.4, -0.2) is 72.1 Å². The second kappa shape index (κ2) is 11.3. The first-order chi connectivity index (χ1) is 18.4. The van der Waals surface area contributed by atoms with E-state index < -0.39 is 29.2 Å². The number of morpholine rings is 1. The topological polar surface area (TPSA) is 121 Å². The molecule has 208 valence electrons. The number of anilines is 2. The molecule has 12 heteroatoms. The highest BCUT2D eigenvalue weighted by atomic mass is 32.1. The molecule has 0 bridgehead atoms. The number of nitrogens with two attached hydrogens (primary N) is 1. The predicted octanol–water partition coefficient (Wildman–Crippen LogP) is 3.62. The summed E-state index contributed by atoms with van der Waals surface area (Å²) >= 11 is 0.934. The molecule has 2 aromatic heterocycles. The third-order valence-corrected chi connectivity index (χ3v) is 7.44. The number of ether oxygens (including phenoxy) is 1. The van der Waals surface area contributed by atoms with Crippen molar-refractivity contribution in [3.63, 3.8) is 0 Å². The molecule has 1 aliphatic rings. The lowest BCUT2D eigenvalue weighted by Crippen LogP contribution is -2.45. The summed E-state index contributed by atoms with van der Waals surface area (Å²) in [7, 11) is 3.35. The molecule has 4 N–H and O–H groups in total. The van der Waals surface area contributed by atoms with Gasteiger partial charge in [-0.25, -0.2) is 13.8 Å². The highest BCUT2D eigenvalue weighted by Gasteiger charge is 2.32. The second-order valence-electron chi connectivity index (χ2n) is 9.95.